The SMILES string of the molecule is Cc1ccccc1CCNC(=O)c1ccc(N)c(Cl)c1. The molecule has 20 heavy (non-hydrogen) atoms. The van der Waals surface area contributed by atoms with E-state index in [0.717, 1.165) is 6.42 Å². The molecule has 0 aromatic heterocycles. The van der Waals surface area contributed by atoms with Gasteiger partial charge in [-0.2, -0.15) is 0 Å². The molecule has 2 aromatic carbocycles. The first-order valence-electron chi connectivity index (χ1n) is 6.45. The van der Waals surface area contributed by atoms with Crippen LogP contribution in [0.25, 0.3) is 0 Å². The Balaban J connectivity index is 1.92. The standard InChI is InChI=1S/C16H17ClN2O/c1-11-4-2-3-5-12(11)8-9-19-16(20)13-6-7-15(18)14(17)10-13/h2-7,10H,8-9,18H2,1H3,(H,19,20). The number of nitrogen functional groups attached to an aromatic ring is 1. The first-order chi connectivity index (χ1) is 9.58. The molecular weight excluding hydrogens is 272 g/mol. The fraction of sp³-hybridized carbons (Fsp3) is 0.188. The number of halogens is 1. The van der Waals surface area contributed by atoms with E-state index >= 15 is 0 Å². The molecule has 0 bridgehead atoms. The van der Waals surface area contributed by atoms with E-state index in [1.54, 1.807) is 18.2 Å². The van der Waals surface area contributed by atoms with Crippen LogP contribution in [0.5, 0.6) is 0 Å². The lowest BCUT2D eigenvalue weighted by Gasteiger charge is -2.08. The first kappa shape index (κ1) is 14.4. The number of aryl methyl sites for hydroxylation is 1. The van der Waals surface area contributed by atoms with Gasteiger partial charge < -0.3 is 11.1 Å². The van der Waals surface area contributed by atoms with E-state index < -0.39 is 0 Å². The molecule has 0 heterocycles. The van der Waals surface area contributed by atoms with Crippen LogP contribution in [0.2, 0.25) is 5.02 Å². The van der Waals surface area contributed by atoms with E-state index in [2.05, 4.69) is 24.4 Å². The van der Waals surface area contributed by atoms with Crippen molar-refractivity contribution in [2.75, 3.05) is 12.3 Å². The van der Waals surface area contributed by atoms with Crippen LogP contribution < -0.4 is 11.1 Å². The molecule has 0 fully saturated rings. The van der Waals surface area contributed by atoms with Gasteiger partial charge in [-0.3, -0.25) is 4.79 Å². The molecule has 0 aliphatic rings. The molecule has 2 rings (SSSR count). The molecule has 0 saturated carbocycles. The summed E-state index contributed by atoms with van der Waals surface area (Å²) in [6.45, 7) is 2.66. The van der Waals surface area contributed by atoms with Gasteiger partial charge in [0.05, 0.1) is 10.7 Å². The summed E-state index contributed by atoms with van der Waals surface area (Å²) in [6, 6.07) is 13.0. The zero-order chi connectivity index (χ0) is 14.5. The van der Waals surface area contributed by atoms with Gasteiger partial charge in [0.15, 0.2) is 0 Å². The summed E-state index contributed by atoms with van der Waals surface area (Å²) in [4.78, 5) is 12.0. The Labute approximate surface area is 123 Å². The molecule has 3 N–H and O–H groups in total. The zero-order valence-electron chi connectivity index (χ0n) is 11.3. The Morgan fingerprint density at radius 1 is 1.25 bits per heavy atom. The lowest BCUT2D eigenvalue weighted by molar-refractivity contribution is 0.0954. The number of benzene rings is 2. The summed E-state index contributed by atoms with van der Waals surface area (Å²) in [7, 11) is 0. The number of anilines is 1. The number of nitrogens with one attached hydrogen (secondary N) is 1. The summed E-state index contributed by atoms with van der Waals surface area (Å²) < 4.78 is 0. The molecule has 2 aromatic rings. The van der Waals surface area contributed by atoms with Crippen molar-refractivity contribution in [3.05, 3.63) is 64.2 Å². The highest BCUT2D eigenvalue weighted by atomic mass is 35.5. The van der Waals surface area contributed by atoms with Crippen LogP contribution in [0, 0.1) is 6.92 Å². The molecule has 0 atom stereocenters. The molecule has 4 heteroatoms. The monoisotopic (exact) mass is 288 g/mol. The van der Waals surface area contributed by atoms with Gasteiger partial charge >= 0.3 is 0 Å². The summed E-state index contributed by atoms with van der Waals surface area (Å²) in [5.41, 5.74) is 9.09. The predicted octanol–water partition coefficient (Wildman–Crippen LogP) is 3.20. The number of hydrogen-bond acceptors (Lipinski definition) is 2. The molecule has 0 radical (unpaired) electrons. The van der Waals surface area contributed by atoms with Crippen molar-refractivity contribution < 1.29 is 4.79 Å². The van der Waals surface area contributed by atoms with Crippen molar-refractivity contribution in [3.8, 4) is 0 Å². The van der Waals surface area contributed by atoms with E-state index in [4.69, 9.17) is 17.3 Å². The van der Waals surface area contributed by atoms with Crippen molar-refractivity contribution >= 4 is 23.2 Å². The zero-order valence-corrected chi connectivity index (χ0v) is 12.1. The summed E-state index contributed by atoms with van der Waals surface area (Å²) in [5, 5.41) is 3.28. The number of carbonyl (C=O) groups is 1. The van der Waals surface area contributed by atoms with E-state index in [9.17, 15) is 4.79 Å². The summed E-state index contributed by atoms with van der Waals surface area (Å²) in [5.74, 6) is -0.138. The summed E-state index contributed by atoms with van der Waals surface area (Å²) in [6.07, 6.45) is 0.807. The van der Waals surface area contributed by atoms with Gasteiger partial charge in [-0.05, 0) is 42.7 Å². The molecule has 104 valence electrons. The molecule has 3 nitrogen and oxygen atoms in total. The number of rotatable bonds is 4. The number of nitrogens with two attached hydrogens (primary N) is 1. The number of carbonyl (C=O) groups excluding carboxylic acids is 1. The largest absolute Gasteiger partial charge is 0.398 e. The predicted molar refractivity (Wildman–Crippen MR) is 83.1 cm³/mol. The van der Waals surface area contributed by atoms with E-state index in [0.29, 0.717) is 22.8 Å². The van der Waals surface area contributed by atoms with Gasteiger partial charge in [0.1, 0.15) is 0 Å². The third-order valence-corrected chi connectivity index (χ3v) is 3.53. The minimum atomic E-state index is -0.138. The fourth-order valence-corrected chi connectivity index (χ4v) is 2.15. The Morgan fingerprint density at radius 2 is 2.00 bits per heavy atom. The van der Waals surface area contributed by atoms with Gasteiger partial charge in [-0.1, -0.05) is 35.9 Å². The second-order valence-corrected chi connectivity index (χ2v) is 5.08. The lowest BCUT2D eigenvalue weighted by atomic mass is 10.1. The van der Waals surface area contributed by atoms with Crippen LogP contribution >= 0.6 is 11.6 Å². The molecule has 0 spiro atoms. The third-order valence-electron chi connectivity index (χ3n) is 3.20. The highest BCUT2D eigenvalue weighted by Crippen LogP contribution is 2.19. The molecule has 0 aliphatic heterocycles. The fourth-order valence-electron chi connectivity index (χ4n) is 1.97. The highest BCUT2D eigenvalue weighted by molar-refractivity contribution is 6.33. The molecule has 0 aliphatic carbocycles. The van der Waals surface area contributed by atoms with Crippen LogP contribution in [0.4, 0.5) is 5.69 Å². The normalized spacial score (nSPS) is 10.3. The van der Waals surface area contributed by atoms with Crippen LogP contribution in [0.1, 0.15) is 21.5 Å². The van der Waals surface area contributed by atoms with E-state index in [1.165, 1.54) is 11.1 Å². The minimum absolute atomic E-state index is 0.138. The summed E-state index contributed by atoms with van der Waals surface area (Å²) >= 11 is 5.90. The topological polar surface area (TPSA) is 55.1 Å². The maximum atomic E-state index is 12.0. The van der Waals surface area contributed by atoms with Gasteiger partial charge in [0.2, 0.25) is 0 Å². The van der Waals surface area contributed by atoms with Crippen LogP contribution in [-0.4, -0.2) is 12.5 Å². The quantitative estimate of drug-likeness (QED) is 0.849. The molecule has 0 unspecified atom stereocenters. The van der Waals surface area contributed by atoms with Gasteiger partial charge in [0, 0.05) is 12.1 Å². The Hall–Kier alpha value is -2.00. The Bertz CT molecular complexity index is 626. The van der Waals surface area contributed by atoms with Crippen molar-refractivity contribution in [2.24, 2.45) is 0 Å². The second-order valence-electron chi connectivity index (χ2n) is 4.67. The van der Waals surface area contributed by atoms with Crippen molar-refractivity contribution in [3.63, 3.8) is 0 Å². The number of amides is 1. The molecular formula is C16H17ClN2O. The van der Waals surface area contributed by atoms with Gasteiger partial charge in [-0.15, -0.1) is 0 Å². The van der Waals surface area contributed by atoms with Gasteiger partial charge in [0.25, 0.3) is 5.91 Å². The molecule has 0 saturated heterocycles. The number of hydrogen-bond donors (Lipinski definition) is 2. The van der Waals surface area contributed by atoms with E-state index in [-0.39, 0.29) is 5.91 Å². The second kappa shape index (κ2) is 6.44. The van der Waals surface area contributed by atoms with Crippen LogP contribution in [-0.2, 0) is 6.42 Å². The Morgan fingerprint density at radius 3 is 2.70 bits per heavy atom. The van der Waals surface area contributed by atoms with E-state index in [1.807, 2.05) is 12.1 Å². The third kappa shape index (κ3) is 3.52. The van der Waals surface area contributed by atoms with Crippen molar-refractivity contribution in [2.45, 2.75) is 13.3 Å². The lowest BCUT2D eigenvalue weighted by Crippen LogP contribution is -2.25. The van der Waals surface area contributed by atoms with Crippen LogP contribution in [0.15, 0.2) is 42.5 Å². The maximum Gasteiger partial charge on any atom is 0.251 e. The average molecular weight is 289 g/mol. The average Bonchev–Trinajstić information content (AvgIpc) is 2.44. The van der Waals surface area contributed by atoms with Crippen LogP contribution in [0.3, 0.4) is 0 Å². The first-order valence-corrected chi connectivity index (χ1v) is 6.83. The Kier molecular flexibility index (Phi) is 4.64. The van der Waals surface area contributed by atoms with Crippen molar-refractivity contribution in [1.29, 1.82) is 0 Å². The molecule has 1 amide bonds. The maximum absolute atomic E-state index is 12.0. The van der Waals surface area contributed by atoms with Gasteiger partial charge in [-0.25, -0.2) is 0 Å². The van der Waals surface area contributed by atoms with Crippen molar-refractivity contribution in [1.82, 2.24) is 5.32 Å². The highest BCUT2D eigenvalue weighted by Gasteiger charge is 2.07. The minimum Gasteiger partial charge on any atom is -0.398 e. The smallest absolute Gasteiger partial charge is 0.251 e.